The topological polar surface area (TPSA) is 71.0 Å². The van der Waals surface area contributed by atoms with Crippen LogP contribution >= 0.6 is 0 Å². The smallest absolute Gasteiger partial charge is 0.203 e. The van der Waals surface area contributed by atoms with E-state index in [0.29, 0.717) is 23.5 Å². The average molecular weight is 408 g/mol. The standard InChI is InChI=1S/C25H33N3O2/c1-6-8-11-17-14-18(15-19(23(17)30)25(3,4)5)22(29)16-28-21-13-10-9-12-20(21)27(7-2)24(28)26/h9-10,12-15,26,30H,6-8,11,16H2,1-5H3. The van der Waals surface area contributed by atoms with E-state index < -0.39 is 0 Å². The largest absolute Gasteiger partial charge is 0.507 e. The van der Waals surface area contributed by atoms with Crippen molar-refractivity contribution in [3.63, 3.8) is 0 Å². The number of phenols is 1. The van der Waals surface area contributed by atoms with Gasteiger partial charge in [-0.3, -0.25) is 10.2 Å². The van der Waals surface area contributed by atoms with E-state index in [1.165, 1.54) is 0 Å². The van der Waals surface area contributed by atoms with Crippen molar-refractivity contribution < 1.29 is 9.90 Å². The van der Waals surface area contributed by atoms with Gasteiger partial charge in [-0.25, -0.2) is 0 Å². The van der Waals surface area contributed by atoms with Gasteiger partial charge in [0.15, 0.2) is 5.78 Å². The molecule has 0 saturated heterocycles. The Morgan fingerprint density at radius 1 is 1.07 bits per heavy atom. The van der Waals surface area contributed by atoms with Crippen LogP contribution in [0.25, 0.3) is 11.0 Å². The number of benzene rings is 2. The number of nitrogens with one attached hydrogen (secondary N) is 1. The van der Waals surface area contributed by atoms with Crippen LogP contribution in [0.2, 0.25) is 0 Å². The Bertz CT molecular complexity index is 1130. The molecule has 1 aromatic heterocycles. The maximum Gasteiger partial charge on any atom is 0.203 e. The van der Waals surface area contributed by atoms with Gasteiger partial charge in [0, 0.05) is 17.7 Å². The van der Waals surface area contributed by atoms with E-state index >= 15 is 0 Å². The van der Waals surface area contributed by atoms with Gasteiger partial charge in [0.25, 0.3) is 0 Å². The molecule has 1 heterocycles. The number of unbranched alkanes of at least 4 members (excludes halogenated alkanes) is 1. The number of imidazole rings is 1. The fourth-order valence-corrected chi connectivity index (χ4v) is 3.99. The number of Topliss-reactive ketones (excluding diaryl/α,β-unsaturated/α-hetero) is 1. The number of carbonyl (C=O) groups is 1. The van der Waals surface area contributed by atoms with Gasteiger partial charge in [0.05, 0.1) is 17.6 Å². The molecule has 0 aliphatic rings. The Kier molecular flexibility index (Phi) is 6.20. The number of fused-ring (bicyclic) bond motifs is 1. The lowest BCUT2D eigenvalue weighted by Gasteiger charge is -2.23. The summed E-state index contributed by atoms with van der Waals surface area (Å²) in [6.45, 7) is 11.0. The summed E-state index contributed by atoms with van der Waals surface area (Å²) in [6.07, 6.45) is 2.74. The number of hydrogen-bond acceptors (Lipinski definition) is 3. The Labute approximate surface area is 178 Å². The maximum absolute atomic E-state index is 13.3. The number of carbonyl (C=O) groups excluding carboxylic acids is 1. The fraction of sp³-hybridized carbons (Fsp3) is 0.440. The second-order valence-electron chi connectivity index (χ2n) is 8.95. The van der Waals surface area contributed by atoms with Gasteiger partial charge in [-0.2, -0.15) is 0 Å². The molecule has 3 rings (SSSR count). The second-order valence-corrected chi connectivity index (χ2v) is 8.95. The summed E-state index contributed by atoms with van der Waals surface area (Å²) >= 11 is 0. The number of para-hydroxylation sites is 2. The fourth-order valence-electron chi connectivity index (χ4n) is 3.99. The van der Waals surface area contributed by atoms with Gasteiger partial charge in [0.1, 0.15) is 5.75 Å². The molecule has 5 heteroatoms. The summed E-state index contributed by atoms with van der Waals surface area (Å²) < 4.78 is 3.68. The number of ketones is 1. The van der Waals surface area contributed by atoms with Crippen LogP contribution in [-0.4, -0.2) is 20.0 Å². The highest BCUT2D eigenvalue weighted by atomic mass is 16.3. The first-order valence-corrected chi connectivity index (χ1v) is 10.8. The molecule has 30 heavy (non-hydrogen) atoms. The van der Waals surface area contributed by atoms with E-state index in [1.54, 1.807) is 4.57 Å². The Morgan fingerprint density at radius 2 is 1.70 bits per heavy atom. The molecule has 0 aliphatic heterocycles. The molecule has 0 fully saturated rings. The Balaban J connectivity index is 2.07. The van der Waals surface area contributed by atoms with Crippen LogP contribution in [0.15, 0.2) is 36.4 Å². The molecule has 2 N–H and O–H groups in total. The first kappa shape index (κ1) is 21.9. The highest BCUT2D eigenvalue weighted by molar-refractivity contribution is 5.97. The summed E-state index contributed by atoms with van der Waals surface area (Å²) in [6, 6.07) is 11.5. The van der Waals surface area contributed by atoms with E-state index in [0.717, 1.165) is 41.4 Å². The summed E-state index contributed by atoms with van der Waals surface area (Å²) in [5.74, 6) is 0.264. The molecule has 160 valence electrons. The van der Waals surface area contributed by atoms with Gasteiger partial charge in [-0.05, 0) is 55.0 Å². The minimum Gasteiger partial charge on any atom is -0.507 e. The van der Waals surface area contributed by atoms with E-state index in [1.807, 2.05) is 68.7 Å². The first-order valence-electron chi connectivity index (χ1n) is 10.8. The molecule has 5 nitrogen and oxygen atoms in total. The Hall–Kier alpha value is -2.82. The van der Waals surface area contributed by atoms with Crippen LogP contribution in [-0.2, 0) is 24.9 Å². The molecule has 2 aromatic carbocycles. The number of aromatic nitrogens is 2. The number of phenolic OH excluding ortho intramolecular Hbond substituents is 1. The molecule has 0 spiro atoms. The predicted octanol–water partition coefficient (Wildman–Crippen LogP) is 5.17. The molecule has 3 aromatic rings. The third kappa shape index (κ3) is 4.07. The van der Waals surface area contributed by atoms with E-state index in [9.17, 15) is 9.90 Å². The minimum atomic E-state index is -0.271. The van der Waals surface area contributed by atoms with Crippen LogP contribution in [0.1, 0.15) is 68.9 Å². The van der Waals surface area contributed by atoms with E-state index in [2.05, 4.69) is 6.92 Å². The highest BCUT2D eigenvalue weighted by Crippen LogP contribution is 2.35. The maximum atomic E-state index is 13.3. The average Bonchev–Trinajstić information content (AvgIpc) is 2.97. The van der Waals surface area contributed by atoms with Crippen molar-refractivity contribution in [2.75, 3.05) is 0 Å². The molecule has 0 bridgehead atoms. The number of hydrogen-bond donors (Lipinski definition) is 2. The normalized spacial score (nSPS) is 11.9. The van der Waals surface area contributed by atoms with Crippen molar-refractivity contribution in [3.8, 4) is 5.75 Å². The van der Waals surface area contributed by atoms with Crippen molar-refractivity contribution in [3.05, 3.63) is 58.7 Å². The Morgan fingerprint density at radius 3 is 2.27 bits per heavy atom. The highest BCUT2D eigenvalue weighted by Gasteiger charge is 2.23. The van der Waals surface area contributed by atoms with Crippen molar-refractivity contribution in [2.45, 2.75) is 72.4 Å². The molecule has 0 radical (unpaired) electrons. The van der Waals surface area contributed by atoms with Gasteiger partial charge >= 0.3 is 0 Å². The van der Waals surface area contributed by atoms with Gasteiger partial charge < -0.3 is 14.2 Å². The van der Waals surface area contributed by atoms with Crippen LogP contribution in [0, 0.1) is 5.41 Å². The molecule has 0 aliphatic carbocycles. The lowest BCUT2D eigenvalue weighted by atomic mass is 9.83. The lowest BCUT2D eigenvalue weighted by Crippen LogP contribution is -2.27. The molecule has 0 unspecified atom stereocenters. The molecule has 0 amide bonds. The quantitative estimate of drug-likeness (QED) is 0.530. The molecule has 0 atom stereocenters. The van der Waals surface area contributed by atoms with Crippen molar-refractivity contribution >= 4 is 16.8 Å². The van der Waals surface area contributed by atoms with Gasteiger partial charge in [-0.15, -0.1) is 0 Å². The lowest BCUT2D eigenvalue weighted by molar-refractivity contribution is 0.0971. The zero-order valence-corrected chi connectivity index (χ0v) is 18.7. The zero-order chi connectivity index (χ0) is 22.1. The van der Waals surface area contributed by atoms with Gasteiger partial charge in [0.2, 0.25) is 5.62 Å². The predicted molar refractivity (Wildman–Crippen MR) is 121 cm³/mol. The first-order chi connectivity index (χ1) is 14.2. The van der Waals surface area contributed by atoms with Gasteiger partial charge in [-0.1, -0.05) is 46.2 Å². The molecular formula is C25H33N3O2. The van der Waals surface area contributed by atoms with E-state index in [4.69, 9.17) is 5.41 Å². The molecular weight excluding hydrogens is 374 g/mol. The summed E-state index contributed by atoms with van der Waals surface area (Å²) in [4.78, 5) is 13.3. The number of aromatic hydroxyl groups is 1. The van der Waals surface area contributed by atoms with Crippen molar-refractivity contribution in [2.24, 2.45) is 0 Å². The van der Waals surface area contributed by atoms with Crippen molar-refractivity contribution in [1.82, 2.24) is 9.13 Å². The SMILES string of the molecule is CCCCc1cc(C(=O)Cn2c(=N)n(CC)c3ccccc32)cc(C(C)(C)C)c1O. The van der Waals surface area contributed by atoms with Crippen molar-refractivity contribution in [1.29, 1.82) is 5.41 Å². The van der Waals surface area contributed by atoms with Crippen LogP contribution < -0.4 is 5.62 Å². The number of rotatable bonds is 7. The minimum absolute atomic E-state index is 0.0456. The second kappa shape index (κ2) is 8.50. The zero-order valence-electron chi connectivity index (χ0n) is 18.7. The monoisotopic (exact) mass is 407 g/mol. The summed E-state index contributed by atoms with van der Waals surface area (Å²) in [7, 11) is 0. The van der Waals surface area contributed by atoms with Crippen LogP contribution in [0.5, 0.6) is 5.75 Å². The number of aryl methyl sites for hydroxylation is 2. The van der Waals surface area contributed by atoms with Crippen LogP contribution in [0.4, 0.5) is 0 Å². The third-order valence-corrected chi connectivity index (χ3v) is 5.71. The molecule has 0 saturated carbocycles. The third-order valence-electron chi connectivity index (χ3n) is 5.71. The number of nitrogens with zero attached hydrogens (tertiary/aromatic N) is 2. The summed E-state index contributed by atoms with van der Waals surface area (Å²) in [5.41, 5.74) is 4.14. The van der Waals surface area contributed by atoms with E-state index in [-0.39, 0.29) is 17.7 Å². The van der Waals surface area contributed by atoms with Crippen LogP contribution in [0.3, 0.4) is 0 Å². The summed E-state index contributed by atoms with van der Waals surface area (Å²) in [5, 5.41) is 19.4.